The van der Waals surface area contributed by atoms with Gasteiger partial charge in [-0.15, -0.1) is 0 Å². The van der Waals surface area contributed by atoms with Crippen molar-refractivity contribution in [3.05, 3.63) is 46.8 Å². The SMILES string of the molecule is [C-]#[N+]C1(c2ccc(C(=O)O)cc2)CC1. The first kappa shape index (κ1) is 8.76. The molecule has 0 atom stereocenters. The molecule has 0 radical (unpaired) electrons. The van der Waals surface area contributed by atoms with Crippen LogP contribution in [-0.4, -0.2) is 11.1 Å². The van der Waals surface area contributed by atoms with E-state index in [4.69, 9.17) is 11.7 Å². The Labute approximate surface area is 81.8 Å². The van der Waals surface area contributed by atoms with E-state index in [1.807, 2.05) is 0 Å². The Morgan fingerprint density at radius 1 is 1.36 bits per heavy atom. The Morgan fingerprint density at radius 3 is 2.29 bits per heavy atom. The van der Waals surface area contributed by atoms with Crippen molar-refractivity contribution in [2.45, 2.75) is 18.4 Å². The van der Waals surface area contributed by atoms with Crippen LogP contribution < -0.4 is 0 Å². The molecule has 1 aromatic rings. The Morgan fingerprint density at radius 2 is 1.93 bits per heavy atom. The molecule has 1 fully saturated rings. The summed E-state index contributed by atoms with van der Waals surface area (Å²) in [6, 6.07) is 6.61. The standard InChI is InChI=1S/C11H9NO2/c1-12-11(6-7-11)9-4-2-8(3-5-9)10(13)14/h2-5H,6-7H2,(H,13,14). The summed E-state index contributed by atoms with van der Waals surface area (Å²) >= 11 is 0. The minimum atomic E-state index is -0.927. The highest BCUT2D eigenvalue weighted by Gasteiger charge is 2.52. The third kappa shape index (κ3) is 1.25. The first-order valence-electron chi connectivity index (χ1n) is 4.40. The van der Waals surface area contributed by atoms with Gasteiger partial charge in [0.25, 0.3) is 5.54 Å². The van der Waals surface area contributed by atoms with Crippen molar-refractivity contribution >= 4 is 5.97 Å². The molecule has 2 rings (SSSR count). The second-order valence-corrected chi connectivity index (χ2v) is 3.53. The molecule has 0 saturated heterocycles. The molecule has 1 aliphatic rings. The number of hydrogen-bond donors (Lipinski definition) is 1. The van der Waals surface area contributed by atoms with Crippen molar-refractivity contribution in [2.24, 2.45) is 0 Å². The number of carbonyl (C=O) groups is 1. The van der Waals surface area contributed by atoms with Gasteiger partial charge in [-0.3, -0.25) is 0 Å². The monoisotopic (exact) mass is 187 g/mol. The Balaban J connectivity index is 2.32. The molecular weight excluding hydrogens is 178 g/mol. The minimum Gasteiger partial charge on any atom is -0.478 e. The number of benzene rings is 1. The largest absolute Gasteiger partial charge is 0.478 e. The Hall–Kier alpha value is -1.82. The van der Waals surface area contributed by atoms with Crippen molar-refractivity contribution in [2.75, 3.05) is 0 Å². The summed E-state index contributed by atoms with van der Waals surface area (Å²) in [5.74, 6) is -0.927. The zero-order valence-electron chi connectivity index (χ0n) is 7.53. The number of rotatable bonds is 2. The van der Waals surface area contributed by atoms with Crippen LogP contribution in [0.4, 0.5) is 0 Å². The maximum absolute atomic E-state index is 10.6. The van der Waals surface area contributed by atoms with Crippen LogP contribution in [0.3, 0.4) is 0 Å². The molecule has 70 valence electrons. The van der Waals surface area contributed by atoms with Gasteiger partial charge in [0, 0.05) is 18.4 Å². The first-order chi connectivity index (χ1) is 6.68. The van der Waals surface area contributed by atoms with Crippen LogP contribution in [0.25, 0.3) is 4.85 Å². The van der Waals surface area contributed by atoms with E-state index in [1.165, 1.54) is 0 Å². The number of carboxylic acids is 1. The van der Waals surface area contributed by atoms with E-state index in [-0.39, 0.29) is 11.1 Å². The molecule has 0 unspecified atom stereocenters. The molecule has 3 nitrogen and oxygen atoms in total. The van der Waals surface area contributed by atoms with E-state index in [1.54, 1.807) is 24.3 Å². The van der Waals surface area contributed by atoms with Crippen LogP contribution in [0.5, 0.6) is 0 Å². The van der Waals surface area contributed by atoms with E-state index in [0.29, 0.717) is 0 Å². The van der Waals surface area contributed by atoms with Crippen LogP contribution in [0.2, 0.25) is 0 Å². The van der Waals surface area contributed by atoms with Crippen LogP contribution >= 0.6 is 0 Å². The average molecular weight is 187 g/mol. The molecule has 14 heavy (non-hydrogen) atoms. The lowest BCUT2D eigenvalue weighted by Crippen LogP contribution is -2.01. The van der Waals surface area contributed by atoms with Gasteiger partial charge in [-0.1, -0.05) is 12.1 Å². The van der Waals surface area contributed by atoms with Crippen molar-refractivity contribution in [1.29, 1.82) is 0 Å². The van der Waals surface area contributed by atoms with Crippen molar-refractivity contribution < 1.29 is 9.90 Å². The second-order valence-electron chi connectivity index (χ2n) is 3.53. The molecule has 0 amide bonds. The lowest BCUT2D eigenvalue weighted by molar-refractivity contribution is 0.0697. The fourth-order valence-corrected chi connectivity index (χ4v) is 1.51. The molecule has 0 aromatic heterocycles. The summed E-state index contributed by atoms with van der Waals surface area (Å²) in [6.45, 7) is 7.05. The number of nitrogens with zero attached hydrogens (tertiary/aromatic N) is 1. The predicted octanol–water partition coefficient (Wildman–Crippen LogP) is 2.29. The normalized spacial score (nSPS) is 17.1. The van der Waals surface area contributed by atoms with Gasteiger partial charge in [0.15, 0.2) is 0 Å². The topological polar surface area (TPSA) is 41.7 Å². The maximum atomic E-state index is 10.6. The minimum absolute atomic E-state index is 0.273. The Bertz CT molecular complexity index is 410. The second kappa shape index (κ2) is 2.85. The van der Waals surface area contributed by atoms with E-state index >= 15 is 0 Å². The van der Waals surface area contributed by atoms with E-state index in [0.717, 1.165) is 18.4 Å². The molecule has 0 heterocycles. The third-order valence-electron chi connectivity index (χ3n) is 2.61. The van der Waals surface area contributed by atoms with E-state index in [2.05, 4.69) is 4.85 Å². The smallest absolute Gasteiger partial charge is 0.335 e. The van der Waals surface area contributed by atoms with Gasteiger partial charge in [0.1, 0.15) is 0 Å². The number of hydrogen-bond acceptors (Lipinski definition) is 1. The van der Waals surface area contributed by atoms with Crippen molar-refractivity contribution in [1.82, 2.24) is 0 Å². The summed E-state index contributed by atoms with van der Waals surface area (Å²) in [4.78, 5) is 14.2. The molecule has 1 aromatic carbocycles. The highest BCUT2D eigenvalue weighted by molar-refractivity contribution is 5.87. The van der Waals surface area contributed by atoms with Gasteiger partial charge in [-0.2, -0.15) is 0 Å². The van der Waals surface area contributed by atoms with Crippen molar-refractivity contribution in [3.63, 3.8) is 0 Å². The third-order valence-corrected chi connectivity index (χ3v) is 2.61. The van der Waals surface area contributed by atoms with E-state index in [9.17, 15) is 4.79 Å². The van der Waals surface area contributed by atoms with Gasteiger partial charge in [-0.05, 0) is 12.1 Å². The molecule has 1 N–H and O–H groups in total. The van der Waals surface area contributed by atoms with Gasteiger partial charge in [0.05, 0.1) is 5.56 Å². The predicted molar refractivity (Wildman–Crippen MR) is 50.9 cm³/mol. The summed E-state index contributed by atoms with van der Waals surface area (Å²) in [5, 5.41) is 8.69. The van der Waals surface area contributed by atoms with Crippen LogP contribution in [0.15, 0.2) is 24.3 Å². The van der Waals surface area contributed by atoms with Crippen molar-refractivity contribution in [3.8, 4) is 0 Å². The molecule has 1 saturated carbocycles. The quantitative estimate of drug-likeness (QED) is 0.722. The highest BCUT2D eigenvalue weighted by Crippen LogP contribution is 2.49. The summed E-state index contributed by atoms with van der Waals surface area (Å²) in [6.07, 6.45) is 1.78. The van der Waals surface area contributed by atoms with E-state index < -0.39 is 5.97 Å². The van der Waals surface area contributed by atoms with Crippen LogP contribution in [0, 0.1) is 6.57 Å². The molecule has 0 aliphatic heterocycles. The summed E-state index contributed by atoms with van der Waals surface area (Å²) in [7, 11) is 0. The van der Waals surface area contributed by atoms with Gasteiger partial charge >= 0.3 is 5.97 Å². The summed E-state index contributed by atoms with van der Waals surface area (Å²) in [5.41, 5.74) is 0.879. The molecular formula is C11H9NO2. The fourth-order valence-electron chi connectivity index (χ4n) is 1.51. The summed E-state index contributed by atoms with van der Waals surface area (Å²) < 4.78 is 0. The molecule has 3 heteroatoms. The number of carboxylic acid groups (broad SMARTS) is 1. The fraction of sp³-hybridized carbons (Fsp3) is 0.273. The zero-order valence-corrected chi connectivity index (χ0v) is 7.53. The average Bonchev–Trinajstić information content (AvgIpc) is 2.99. The lowest BCUT2D eigenvalue weighted by atomic mass is 10.0. The molecule has 0 bridgehead atoms. The molecule has 0 spiro atoms. The number of aromatic carboxylic acids is 1. The Kier molecular flexibility index (Phi) is 1.78. The van der Waals surface area contributed by atoms with Crippen LogP contribution in [0.1, 0.15) is 28.8 Å². The highest BCUT2D eigenvalue weighted by atomic mass is 16.4. The van der Waals surface area contributed by atoms with Crippen LogP contribution in [-0.2, 0) is 5.54 Å². The zero-order chi connectivity index (χ0) is 10.2. The maximum Gasteiger partial charge on any atom is 0.335 e. The first-order valence-corrected chi connectivity index (χ1v) is 4.40. The van der Waals surface area contributed by atoms with Gasteiger partial charge < -0.3 is 9.95 Å². The van der Waals surface area contributed by atoms with Gasteiger partial charge in [-0.25, -0.2) is 11.4 Å². The van der Waals surface area contributed by atoms with Gasteiger partial charge in [0.2, 0.25) is 0 Å². The lowest BCUT2D eigenvalue weighted by Gasteiger charge is -2.02. The molecule has 1 aliphatic carbocycles.